The molecule has 0 bridgehead atoms. The Kier molecular flexibility index (Phi) is 3.10. The molecule has 0 atom stereocenters. The molecule has 0 unspecified atom stereocenters. The number of aromatic nitrogens is 4. The topological polar surface area (TPSA) is 96.9 Å². The minimum atomic E-state index is -0.586. The van der Waals surface area contributed by atoms with Crippen molar-refractivity contribution in [3.8, 4) is 23.0 Å². The zero-order valence-electron chi connectivity index (χ0n) is 10.3. The van der Waals surface area contributed by atoms with E-state index in [1.807, 2.05) is 0 Å². The third-order valence-electron chi connectivity index (χ3n) is 2.62. The van der Waals surface area contributed by atoms with E-state index in [0.29, 0.717) is 5.69 Å². The Morgan fingerprint density at radius 1 is 1.33 bits per heavy atom. The van der Waals surface area contributed by atoms with E-state index in [1.54, 1.807) is 0 Å². The zero-order valence-corrected chi connectivity index (χ0v) is 11.1. The van der Waals surface area contributed by atoms with Crippen LogP contribution in [0, 0.1) is 10.7 Å². The van der Waals surface area contributed by atoms with Gasteiger partial charge in [-0.3, -0.25) is 4.79 Å². The van der Waals surface area contributed by atoms with Crippen LogP contribution in [0.15, 0.2) is 39.5 Å². The van der Waals surface area contributed by atoms with Crippen LogP contribution in [-0.4, -0.2) is 25.1 Å². The van der Waals surface area contributed by atoms with Crippen molar-refractivity contribution in [2.75, 3.05) is 0 Å². The predicted octanol–water partition coefficient (Wildman–Crippen LogP) is 1.79. The van der Waals surface area contributed by atoms with Gasteiger partial charge < -0.3 is 9.52 Å². The number of aromatic amines is 1. The molecule has 106 valence electrons. The maximum absolute atomic E-state index is 12.9. The second-order valence-electron chi connectivity index (χ2n) is 4.02. The average molecular weight is 306 g/mol. The van der Waals surface area contributed by atoms with Gasteiger partial charge in [-0.2, -0.15) is 9.78 Å². The zero-order chi connectivity index (χ0) is 15.0. The molecule has 9 heteroatoms. The second kappa shape index (κ2) is 4.94. The molecular formula is C12H7FN4O3S. The SMILES string of the molecule is O=c1cc(O)c(-c2n[nH]c(=S)o2)nn1-c1ccc(F)cc1. The van der Waals surface area contributed by atoms with E-state index in [0.717, 1.165) is 10.7 Å². The quantitative estimate of drug-likeness (QED) is 0.701. The van der Waals surface area contributed by atoms with Gasteiger partial charge in [0.2, 0.25) is 0 Å². The summed E-state index contributed by atoms with van der Waals surface area (Å²) in [6.45, 7) is 0. The van der Waals surface area contributed by atoms with E-state index in [-0.39, 0.29) is 16.4 Å². The summed E-state index contributed by atoms with van der Waals surface area (Å²) in [5.41, 5.74) is -0.319. The minimum Gasteiger partial charge on any atom is -0.505 e. The normalized spacial score (nSPS) is 10.7. The van der Waals surface area contributed by atoms with Gasteiger partial charge in [-0.05, 0) is 36.5 Å². The van der Waals surface area contributed by atoms with Crippen molar-refractivity contribution in [2.45, 2.75) is 0 Å². The Balaban J connectivity index is 2.20. The molecule has 0 amide bonds. The van der Waals surface area contributed by atoms with Gasteiger partial charge in [0.1, 0.15) is 5.82 Å². The summed E-state index contributed by atoms with van der Waals surface area (Å²) < 4.78 is 19.0. The van der Waals surface area contributed by atoms with Crippen LogP contribution in [0.25, 0.3) is 17.3 Å². The first-order valence-electron chi connectivity index (χ1n) is 5.70. The van der Waals surface area contributed by atoms with Gasteiger partial charge in [0.15, 0.2) is 11.4 Å². The summed E-state index contributed by atoms with van der Waals surface area (Å²) in [7, 11) is 0. The monoisotopic (exact) mass is 306 g/mol. The Hall–Kier alpha value is -2.81. The first-order chi connectivity index (χ1) is 10.0. The molecule has 0 saturated carbocycles. The minimum absolute atomic E-state index is 0.00531. The molecule has 1 aromatic carbocycles. The fourth-order valence-corrected chi connectivity index (χ4v) is 1.82. The number of hydrogen-bond acceptors (Lipinski definition) is 6. The van der Waals surface area contributed by atoms with Crippen LogP contribution in [0.4, 0.5) is 4.39 Å². The van der Waals surface area contributed by atoms with E-state index >= 15 is 0 Å². The van der Waals surface area contributed by atoms with Crippen LogP contribution in [0.1, 0.15) is 0 Å². The number of H-pyrrole nitrogens is 1. The van der Waals surface area contributed by atoms with Crippen molar-refractivity contribution in [3.63, 3.8) is 0 Å². The van der Waals surface area contributed by atoms with E-state index in [1.165, 1.54) is 24.3 Å². The van der Waals surface area contributed by atoms with Gasteiger partial charge >= 0.3 is 0 Å². The van der Waals surface area contributed by atoms with E-state index in [9.17, 15) is 14.3 Å². The molecule has 0 radical (unpaired) electrons. The molecule has 2 aromatic heterocycles. The number of nitrogens with zero attached hydrogens (tertiary/aromatic N) is 3. The summed E-state index contributed by atoms with van der Waals surface area (Å²) in [4.78, 5) is 11.9. The summed E-state index contributed by atoms with van der Waals surface area (Å²) in [6, 6.07) is 6.10. The molecule has 0 spiro atoms. The molecule has 2 heterocycles. The number of rotatable bonds is 2. The first kappa shape index (κ1) is 13.2. The molecular weight excluding hydrogens is 299 g/mol. The number of hydrogen-bond donors (Lipinski definition) is 2. The summed E-state index contributed by atoms with van der Waals surface area (Å²) in [5.74, 6) is -0.902. The lowest BCUT2D eigenvalue weighted by atomic mass is 10.3. The number of nitrogens with one attached hydrogen (secondary N) is 1. The van der Waals surface area contributed by atoms with Crippen LogP contribution in [0.5, 0.6) is 5.75 Å². The Morgan fingerprint density at radius 2 is 2.05 bits per heavy atom. The van der Waals surface area contributed by atoms with Gasteiger partial charge in [-0.1, -0.05) is 0 Å². The van der Waals surface area contributed by atoms with Crippen LogP contribution in [-0.2, 0) is 0 Å². The van der Waals surface area contributed by atoms with Crippen LogP contribution in [0.3, 0.4) is 0 Å². The van der Waals surface area contributed by atoms with Crippen molar-refractivity contribution < 1.29 is 13.9 Å². The highest BCUT2D eigenvalue weighted by Crippen LogP contribution is 2.23. The second-order valence-corrected chi connectivity index (χ2v) is 4.39. The maximum atomic E-state index is 12.9. The van der Waals surface area contributed by atoms with Crippen LogP contribution < -0.4 is 5.56 Å². The van der Waals surface area contributed by atoms with E-state index in [2.05, 4.69) is 15.3 Å². The van der Waals surface area contributed by atoms with Crippen LogP contribution in [0.2, 0.25) is 0 Å². The smallest absolute Gasteiger partial charge is 0.284 e. The average Bonchev–Trinajstić information content (AvgIpc) is 2.87. The molecule has 2 N–H and O–H groups in total. The van der Waals surface area contributed by atoms with Gasteiger partial charge in [0.25, 0.3) is 16.3 Å². The largest absolute Gasteiger partial charge is 0.505 e. The molecule has 3 rings (SSSR count). The van der Waals surface area contributed by atoms with Crippen molar-refractivity contribution in [1.29, 1.82) is 0 Å². The molecule has 21 heavy (non-hydrogen) atoms. The lowest BCUT2D eigenvalue weighted by Crippen LogP contribution is -2.20. The lowest BCUT2D eigenvalue weighted by molar-refractivity contribution is 0.463. The van der Waals surface area contributed by atoms with Gasteiger partial charge in [-0.25, -0.2) is 9.49 Å². The Labute approximate surface area is 121 Å². The van der Waals surface area contributed by atoms with Crippen LogP contribution >= 0.6 is 12.2 Å². The molecule has 7 nitrogen and oxygen atoms in total. The van der Waals surface area contributed by atoms with E-state index in [4.69, 9.17) is 16.6 Å². The van der Waals surface area contributed by atoms with Gasteiger partial charge in [0, 0.05) is 6.07 Å². The summed E-state index contributed by atoms with van der Waals surface area (Å²) >= 11 is 4.74. The number of aromatic hydroxyl groups is 1. The fourth-order valence-electron chi connectivity index (χ4n) is 1.70. The third-order valence-corrected chi connectivity index (χ3v) is 2.80. The molecule has 0 fully saturated rings. The summed E-state index contributed by atoms with van der Waals surface area (Å²) in [5, 5.41) is 19.9. The van der Waals surface area contributed by atoms with Crippen molar-refractivity contribution in [3.05, 3.63) is 51.3 Å². The Morgan fingerprint density at radius 3 is 2.67 bits per heavy atom. The molecule has 0 aliphatic heterocycles. The number of benzene rings is 1. The molecule has 0 saturated heterocycles. The molecule has 0 aliphatic rings. The highest BCUT2D eigenvalue weighted by Gasteiger charge is 2.15. The van der Waals surface area contributed by atoms with Crippen molar-refractivity contribution >= 4 is 12.2 Å². The highest BCUT2D eigenvalue weighted by molar-refractivity contribution is 7.71. The lowest BCUT2D eigenvalue weighted by Gasteiger charge is -2.06. The number of halogens is 1. The van der Waals surface area contributed by atoms with E-state index < -0.39 is 17.1 Å². The summed E-state index contributed by atoms with van der Waals surface area (Å²) in [6.07, 6.45) is 0. The first-order valence-corrected chi connectivity index (χ1v) is 6.10. The van der Waals surface area contributed by atoms with Crippen molar-refractivity contribution in [2.24, 2.45) is 0 Å². The fraction of sp³-hybridized carbons (Fsp3) is 0. The molecule has 0 aliphatic carbocycles. The third kappa shape index (κ3) is 2.46. The highest BCUT2D eigenvalue weighted by atomic mass is 32.1. The van der Waals surface area contributed by atoms with Gasteiger partial charge in [0.05, 0.1) is 5.69 Å². The van der Waals surface area contributed by atoms with Gasteiger partial charge in [-0.15, -0.1) is 5.10 Å². The predicted molar refractivity (Wildman–Crippen MR) is 72.1 cm³/mol. The molecule has 3 aromatic rings. The maximum Gasteiger partial charge on any atom is 0.284 e. The Bertz CT molecular complexity index is 913. The van der Waals surface area contributed by atoms with Crippen molar-refractivity contribution in [1.82, 2.24) is 20.0 Å². The standard InChI is InChI=1S/C12H7FN4O3S/c13-6-1-3-7(4-2-6)17-9(19)5-8(18)10(16-17)11-14-15-12(21)20-11/h1-5,18H,(H,15,21).